The van der Waals surface area contributed by atoms with Gasteiger partial charge in [0.25, 0.3) is 5.91 Å². The molecule has 0 spiro atoms. The van der Waals surface area contributed by atoms with Gasteiger partial charge in [0.05, 0.1) is 0 Å². The summed E-state index contributed by atoms with van der Waals surface area (Å²) >= 11 is 8.56. The van der Waals surface area contributed by atoms with Crippen molar-refractivity contribution in [1.82, 2.24) is 9.47 Å². The van der Waals surface area contributed by atoms with Crippen LogP contribution in [0.25, 0.3) is 27.9 Å². The lowest BCUT2D eigenvalue weighted by Gasteiger charge is -2.14. The first kappa shape index (κ1) is 19.1. The first-order valence-electron chi connectivity index (χ1n) is 8.34. The number of carbonyl (C=O) groups excluding carboxylic acids is 1. The van der Waals surface area contributed by atoms with Crippen molar-refractivity contribution in [1.29, 1.82) is 0 Å². The summed E-state index contributed by atoms with van der Waals surface area (Å²) in [7, 11) is 0. The van der Waals surface area contributed by atoms with E-state index in [4.69, 9.17) is 17.3 Å². The van der Waals surface area contributed by atoms with E-state index in [1.165, 1.54) is 0 Å². The molecule has 0 saturated carbocycles. The molecule has 0 bridgehead atoms. The van der Waals surface area contributed by atoms with Crippen LogP contribution in [0.1, 0.15) is 19.4 Å². The van der Waals surface area contributed by atoms with Crippen LogP contribution in [-0.2, 0) is 11.3 Å². The molecule has 138 valence electrons. The second-order valence-electron chi connectivity index (χ2n) is 6.07. The van der Waals surface area contributed by atoms with Crippen molar-refractivity contribution >= 4 is 69.0 Å². The van der Waals surface area contributed by atoms with Crippen molar-refractivity contribution in [2.24, 2.45) is 0 Å². The van der Waals surface area contributed by atoms with Gasteiger partial charge in [-0.1, -0.05) is 36.5 Å². The third kappa shape index (κ3) is 3.48. The summed E-state index contributed by atoms with van der Waals surface area (Å²) in [5, 5.41) is 11.4. The number of benzene rings is 2. The maximum absolute atomic E-state index is 12.4. The van der Waals surface area contributed by atoms with Crippen LogP contribution in [0.5, 0.6) is 0 Å². The monoisotopic (exact) mass is 398 g/mol. The molecule has 0 fully saturated rings. The van der Waals surface area contributed by atoms with E-state index in [0.29, 0.717) is 4.90 Å². The number of aromatic nitrogens is 1. The van der Waals surface area contributed by atoms with Crippen molar-refractivity contribution < 1.29 is 14.7 Å². The van der Waals surface area contributed by atoms with Crippen LogP contribution in [0, 0.1) is 0 Å². The van der Waals surface area contributed by atoms with Gasteiger partial charge in [-0.15, -0.1) is 12.6 Å². The molecule has 0 radical (unpaired) electrons. The normalized spacial score (nSPS) is 11.7. The predicted octanol–water partition coefficient (Wildman–Crippen LogP) is 4.94. The lowest BCUT2D eigenvalue weighted by Crippen LogP contribution is -2.38. The van der Waals surface area contributed by atoms with Gasteiger partial charge in [-0.3, -0.25) is 4.79 Å². The fourth-order valence-corrected chi connectivity index (χ4v) is 3.58. The minimum atomic E-state index is -1.45. The molecule has 3 rings (SSSR count). The summed E-state index contributed by atoms with van der Waals surface area (Å²) in [5.74, 6) is -0.710. The summed E-state index contributed by atoms with van der Waals surface area (Å²) < 4.78 is 1.93. The molecule has 3 aromatic rings. The van der Waals surface area contributed by atoms with E-state index in [0.717, 1.165) is 33.9 Å². The number of carboxylic acid groups (broad SMARTS) is 1. The van der Waals surface area contributed by atoms with Crippen molar-refractivity contribution in [3.05, 3.63) is 53.6 Å². The molecule has 0 aliphatic rings. The summed E-state index contributed by atoms with van der Waals surface area (Å²) in [6.45, 7) is 4.51. The van der Waals surface area contributed by atoms with Crippen molar-refractivity contribution in [3.8, 4) is 0 Å². The number of imide groups is 1. The summed E-state index contributed by atoms with van der Waals surface area (Å²) in [6, 6.07) is 14.1. The number of amides is 2. The Bertz CT molecular complexity index is 1100. The second-order valence-corrected chi connectivity index (χ2v) is 7.18. The average molecular weight is 399 g/mol. The molecule has 5 nitrogen and oxygen atoms in total. The maximum atomic E-state index is 12.4. The highest BCUT2D eigenvalue weighted by Gasteiger charge is 2.24. The first-order valence-corrected chi connectivity index (χ1v) is 9.20. The van der Waals surface area contributed by atoms with E-state index in [-0.39, 0.29) is 9.89 Å². The molecular weight excluding hydrogens is 380 g/mol. The van der Waals surface area contributed by atoms with E-state index in [1.54, 1.807) is 13.0 Å². The Morgan fingerprint density at radius 1 is 1.19 bits per heavy atom. The van der Waals surface area contributed by atoms with E-state index < -0.39 is 12.0 Å². The number of rotatable bonds is 3. The largest absolute Gasteiger partial charge is 0.464 e. The van der Waals surface area contributed by atoms with Gasteiger partial charge in [0.1, 0.15) is 4.32 Å². The Morgan fingerprint density at radius 3 is 2.48 bits per heavy atom. The molecule has 1 aromatic heterocycles. The number of aryl methyl sites for hydroxylation is 1. The first-order chi connectivity index (χ1) is 12.8. The number of para-hydroxylation sites is 1. The topological polar surface area (TPSA) is 62.5 Å². The highest BCUT2D eigenvalue weighted by atomic mass is 32.1. The van der Waals surface area contributed by atoms with Crippen LogP contribution in [-0.4, -0.2) is 30.9 Å². The molecule has 0 atom stereocenters. The molecule has 1 heterocycles. The Kier molecular flexibility index (Phi) is 5.34. The molecule has 2 aromatic carbocycles. The average Bonchev–Trinajstić information content (AvgIpc) is 2.94. The minimum absolute atomic E-state index is 0.257. The van der Waals surface area contributed by atoms with Crippen LogP contribution in [0.15, 0.2) is 48.0 Å². The number of hydrogen-bond acceptors (Lipinski definition) is 3. The molecule has 0 aliphatic carbocycles. The zero-order valence-corrected chi connectivity index (χ0v) is 16.6. The van der Waals surface area contributed by atoms with E-state index >= 15 is 0 Å². The summed E-state index contributed by atoms with van der Waals surface area (Å²) in [5.41, 5.74) is 3.33. The number of fused-ring (bicyclic) bond motifs is 3. The standard InChI is InChI=1S/C20H18N2O3S2/c1-3-21-16-7-5-4-6-14(16)15-11-13(8-9-17(15)21)10-12(2)18(23)22(19(24)25)20(26)27/h4-11H,3H2,1-2H3,(H,24,25)(H,26,27)/b12-10-. The second kappa shape index (κ2) is 7.54. The summed E-state index contributed by atoms with van der Waals surface area (Å²) in [4.78, 5) is 24.1. The minimum Gasteiger partial charge on any atom is -0.464 e. The van der Waals surface area contributed by atoms with Crippen LogP contribution >= 0.6 is 24.8 Å². The summed E-state index contributed by atoms with van der Waals surface area (Å²) in [6.07, 6.45) is 0.205. The molecule has 27 heavy (non-hydrogen) atoms. The van der Waals surface area contributed by atoms with E-state index in [1.807, 2.05) is 30.3 Å². The Morgan fingerprint density at radius 2 is 1.85 bits per heavy atom. The number of nitrogens with zero attached hydrogens (tertiary/aromatic N) is 2. The van der Waals surface area contributed by atoms with Crippen LogP contribution < -0.4 is 0 Å². The SMILES string of the molecule is CCn1c2ccccc2c2cc(/C=C(/C)C(=O)N(C(=O)O)C(=S)S)ccc21. The smallest absolute Gasteiger partial charge is 0.420 e. The quantitative estimate of drug-likeness (QED) is 0.373. The lowest BCUT2D eigenvalue weighted by molar-refractivity contribution is -0.121. The lowest BCUT2D eigenvalue weighted by atomic mass is 10.1. The Hall–Kier alpha value is -2.64. The van der Waals surface area contributed by atoms with E-state index in [9.17, 15) is 9.59 Å². The van der Waals surface area contributed by atoms with Gasteiger partial charge in [0.2, 0.25) is 0 Å². The van der Waals surface area contributed by atoms with Gasteiger partial charge in [-0.2, -0.15) is 4.90 Å². The van der Waals surface area contributed by atoms with Gasteiger partial charge in [-0.25, -0.2) is 4.79 Å². The number of thiol groups is 1. The zero-order chi connectivity index (χ0) is 19.7. The number of thiocarbonyl (C=S) groups is 1. The number of carbonyl (C=O) groups is 2. The van der Waals surface area contributed by atoms with Crippen LogP contribution in [0.2, 0.25) is 0 Å². The number of hydrogen-bond donors (Lipinski definition) is 2. The van der Waals surface area contributed by atoms with Gasteiger partial charge >= 0.3 is 6.09 Å². The molecule has 7 heteroatoms. The third-order valence-corrected chi connectivity index (χ3v) is 4.80. The molecule has 0 unspecified atom stereocenters. The van der Waals surface area contributed by atoms with Crippen LogP contribution in [0.4, 0.5) is 4.79 Å². The molecule has 0 aliphatic heterocycles. The van der Waals surface area contributed by atoms with Gasteiger partial charge in [0, 0.05) is 33.9 Å². The fourth-order valence-electron chi connectivity index (χ4n) is 3.25. The highest BCUT2D eigenvalue weighted by molar-refractivity contribution is 8.11. The van der Waals surface area contributed by atoms with Gasteiger partial charge < -0.3 is 9.67 Å². The maximum Gasteiger partial charge on any atom is 0.420 e. The van der Waals surface area contributed by atoms with Gasteiger partial charge in [-0.05, 0) is 43.7 Å². The fraction of sp³-hybridized carbons (Fsp3) is 0.150. The Balaban J connectivity index is 2.09. The molecular formula is C20H18N2O3S2. The molecule has 1 N–H and O–H groups in total. The zero-order valence-electron chi connectivity index (χ0n) is 14.8. The van der Waals surface area contributed by atoms with Gasteiger partial charge in [0.15, 0.2) is 0 Å². The Labute approximate surface area is 167 Å². The molecule has 0 saturated heterocycles. The van der Waals surface area contributed by atoms with Crippen LogP contribution in [0.3, 0.4) is 0 Å². The van der Waals surface area contributed by atoms with Crippen molar-refractivity contribution in [2.45, 2.75) is 20.4 Å². The third-order valence-electron chi connectivity index (χ3n) is 4.42. The van der Waals surface area contributed by atoms with Crippen molar-refractivity contribution in [2.75, 3.05) is 0 Å². The molecule has 2 amide bonds. The predicted molar refractivity (Wildman–Crippen MR) is 115 cm³/mol. The van der Waals surface area contributed by atoms with E-state index in [2.05, 4.69) is 36.3 Å². The highest BCUT2D eigenvalue weighted by Crippen LogP contribution is 2.30. The van der Waals surface area contributed by atoms with Crippen molar-refractivity contribution in [3.63, 3.8) is 0 Å².